The summed E-state index contributed by atoms with van der Waals surface area (Å²) in [6, 6.07) is -0.822. The van der Waals surface area contributed by atoms with Crippen molar-refractivity contribution in [1.82, 2.24) is 9.78 Å². The van der Waals surface area contributed by atoms with Crippen LogP contribution in [0.25, 0.3) is 0 Å². The number of amides is 1. The van der Waals surface area contributed by atoms with Crippen molar-refractivity contribution in [2.24, 2.45) is 11.7 Å². The average molecular weight is 354 g/mol. The monoisotopic (exact) mass is 354 g/mol. The van der Waals surface area contributed by atoms with Gasteiger partial charge in [-0.1, -0.05) is 0 Å². The summed E-state index contributed by atoms with van der Waals surface area (Å²) in [6.07, 6.45) is 7.14. The van der Waals surface area contributed by atoms with Crippen LogP contribution >= 0.6 is 0 Å². The highest BCUT2D eigenvalue weighted by molar-refractivity contribution is 5.79. The Labute approximate surface area is 143 Å². The van der Waals surface area contributed by atoms with Gasteiger partial charge in [0.25, 0.3) is 0 Å². The maximum Gasteiger partial charge on any atom is 0.341 e. The number of aromatic nitrogens is 2. The fraction of sp³-hybridized carbons (Fsp3) is 0.500. The molecule has 1 saturated carbocycles. The van der Waals surface area contributed by atoms with Crippen molar-refractivity contribution in [2.45, 2.75) is 44.6 Å². The number of halogens is 2. The number of carbonyl (C=O) groups is 1. The minimum Gasteiger partial charge on any atom is -0.391 e. The number of hydrogen-bond acceptors (Lipinski definition) is 5. The molecule has 9 heteroatoms. The average Bonchev–Trinajstić information content (AvgIpc) is 2.96. The lowest BCUT2D eigenvalue weighted by atomic mass is 9.83. The quantitative estimate of drug-likeness (QED) is 0.866. The van der Waals surface area contributed by atoms with Crippen molar-refractivity contribution in [1.29, 1.82) is 0 Å². The molecule has 0 spiro atoms. The van der Waals surface area contributed by atoms with Gasteiger partial charge in [-0.25, -0.2) is 13.6 Å². The Bertz CT molecular complexity index is 704. The van der Waals surface area contributed by atoms with Gasteiger partial charge < -0.3 is 15.7 Å². The van der Waals surface area contributed by atoms with Gasteiger partial charge in [0.05, 0.1) is 12.3 Å². The molecule has 25 heavy (non-hydrogen) atoms. The van der Waals surface area contributed by atoms with E-state index < -0.39 is 12.0 Å². The number of rotatable bonds is 4. The molecule has 7 nitrogen and oxygen atoms in total. The van der Waals surface area contributed by atoms with Crippen LogP contribution in [0.5, 0.6) is 0 Å². The van der Waals surface area contributed by atoms with E-state index in [1.807, 2.05) is 0 Å². The van der Waals surface area contributed by atoms with E-state index in [4.69, 9.17) is 10.6 Å². The normalized spacial score (nSPS) is 19.9. The van der Waals surface area contributed by atoms with Gasteiger partial charge in [-0.3, -0.25) is 0 Å². The van der Waals surface area contributed by atoms with Crippen LogP contribution in [0, 0.1) is 5.92 Å². The van der Waals surface area contributed by atoms with Crippen LogP contribution in [-0.4, -0.2) is 26.8 Å². The van der Waals surface area contributed by atoms with Crippen molar-refractivity contribution < 1.29 is 23.5 Å². The van der Waals surface area contributed by atoms with E-state index in [0.717, 1.165) is 4.68 Å². The molecule has 1 aliphatic carbocycles. The lowest BCUT2D eigenvalue weighted by molar-refractivity contribution is -0.0457. The van der Waals surface area contributed by atoms with Gasteiger partial charge in [0.2, 0.25) is 5.92 Å². The Hall–Kier alpha value is -2.42. The maximum atomic E-state index is 13.3. The molecule has 0 saturated heterocycles. The number of aliphatic hydroxyl groups excluding tert-OH is 1. The second kappa shape index (κ2) is 6.83. The summed E-state index contributed by atoms with van der Waals surface area (Å²) in [4.78, 5) is 17.1. The van der Waals surface area contributed by atoms with Gasteiger partial charge in [-0.2, -0.15) is 14.8 Å². The first-order valence-corrected chi connectivity index (χ1v) is 8.10. The molecule has 1 amide bonds. The van der Waals surface area contributed by atoms with Crippen LogP contribution in [0.3, 0.4) is 0 Å². The lowest BCUT2D eigenvalue weighted by Gasteiger charge is -2.27. The Morgan fingerprint density at radius 2 is 2.12 bits per heavy atom. The summed E-state index contributed by atoms with van der Waals surface area (Å²) < 4.78 is 27.6. The molecule has 1 fully saturated rings. The highest BCUT2D eigenvalue weighted by atomic mass is 19.3. The number of hydroxylamine groups is 1. The molecule has 0 radical (unpaired) electrons. The summed E-state index contributed by atoms with van der Waals surface area (Å²) in [5.74, 6) is -2.37. The van der Waals surface area contributed by atoms with E-state index in [1.54, 1.807) is 18.4 Å². The van der Waals surface area contributed by atoms with Crippen LogP contribution in [0.15, 0.2) is 24.6 Å². The molecule has 3 rings (SSSR count). The molecule has 2 heterocycles. The van der Waals surface area contributed by atoms with E-state index in [9.17, 15) is 18.7 Å². The SMILES string of the molecule is NC(=O)n1nc(CC2CCC(F)(F)CC2)c(CO)c1N1C=CC=CO1. The van der Waals surface area contributed by atoms with Gasteiger partial charge >= 0.3 is 6.03 Å². The third kappa shape index (κ3) is 3.65. The number of alkyl halides is 2. The Balaban J connectivity index is 1.88. The first-order valence-electron chi connectivity index (χ1n) is 8.10. The smallest absolute Gasteiger partial charge is 0.341 e. The Morgan fingerprint density at radius 1 is 1.40 bits per heavy atom. The van der Waals surface area contributed by atoms with Crippen molar-refractivity contribution in [2.75, 3.05) is 5.06 Å². The van der Waals surface area contributed by atoms with Gasteiger partial charge in [0.15, 0.2) is 5.82 Å². The lowest BCUT2D eigenvalue weighted by Crippen LogP contribution is -2.27. The summed E-state index contributed by atoms with van der Waals surface area (Å²) in [5.41, 5.74) is 6.25. The second-order valence-electron chi connectivity index (χ2n) is 6.26. The number of hydrogen-bond donors (Lipinski definition) is 2. The van der Waals surface area contributed by atoms with Crippen LogP contribution in [-0.2, 0) is 17.9 Å². The minimum atomic E-state index is -2.60. The maximum absolute atomic E-state index is 13.3. The largest absolute Gasteiger partial charge is 0.391 e. The third-order valence-electron chi connectivity index (χ3n) is 4.52. The van der Waals surface area contributed by atoms with Crippen LogP contribution in [0.1, 0.15) is 36.9 Å². The van der Waals surface area contributed by atoms with Crippen molar-refractivity contribution >= 4 is 11.8 Å². The fourth-order valence-electron chi connectivity index (χ4n) is 3.20. The molecule has 2 aliphatic rings. The van der Waals surface area contributed by atoms with Gasteiger partial charge in [-0.15, -0.1) is 0 Å². The number of nitrogens with two attached hydrogens (primary N) is 1. The minimum absolute atomic E-state index is 0.0201. The standard InChI is InChI=1S/C16H20F2N4O3/c17-16(18)5-3-11(4-6-16)9-13-12(10-23)14(22(20-13)15(19)24)21-7-1-2-8-25-21/h1-2,7-8,11,23H,3-6,9-10H2,(H2,19,24). The molecule has 0 atom stereocenters. The number of aliphatic hydroxyl groups is 1. The summed E-state index contributed by atoms with van der Waals surface area (Å²) in [6.45, 7) is -0.377. The zero-order valence-electron chi connectivity index (χ0n) is 13.6. The second-order valence-corrected chi connectivity index (χ2v) is 6.26. The molecule has 0 aromatic carbocycles. The molecule has 1 aromatic rings. The molecule has 3 N–H and O–H groups in total. The summed E-state index contributed by atoms with van der Waals surface area (Å²) in [7, 11) is 0. The Morgan fingerprint density at radius 3 is 2.68 bits per heavy atom. The highest BCUT2D eigenvalue weighted by Gasteiger charge is 2.36. The van der Waals surface area contributed by atoms with E-state index in [1.165, 1.54) is 11.3 Å². The van der Waals surface area contributed by atoms with Crippen LogP contribution in [0.4, 0.5) is 19.4 Å². The Kier molecular flexibility index (Phi) is 4.76. The van der Waals surface area contributed by atoms with Gasteiger partial charge in [-0.05, 0) is 37.3 Å². The molecule has 0 unspecified atom stereocenters. The molecular weight excluding hydrogens is 334 g/mol. The third-order valence-corrected chi connectivity index (χ3v) is 4.52. The van der Waals surface area contributed by atoms with Crippen molar-refractivity contribution in [3.8, 4) is 0 Å². The molecule has 136 valence electrons. The van der Waals surface area contributed by atoms with E-state index in [-0.39, 0.29) is 31.2 Å². The highest BCUT2D eigenvalue weighted by Crippen LogP contribution is 2.38. The predicted octanol–water partition coefficient (Wildman–Crippen LogP) is 2.45. The topological polar surface area (TPSA) is 93.6 Å². The first kappa shape index (κ1) is 17.4. The van der Waals surface area contributed by atoms with E-state index in [0.29, 0.717) is 30.5 Å². The summed E-state index contributed by atoms with van der Waals surface area (Å²) in [5, 5.41) is 15.3. The molecule has 1 aromatic heterocycles. The van der Waals surface area contributed by atoms with Crippen molar-refractivity contribution in [3.63, 3.8) is 0 Å². The van der Waals surface area contributed by atoms with E-state index in [2.05, 4.69) is 5.10 Å². The number of anilines is 1. The summed E-state index contributed by atoms with van der Waals surface area (Å²) >= 11 is 0. The first-order chi connectivity index (χ1) is 11.9. The molecular formula is C16H20F2N4O3. The molecule has 0 bridgehead atoms. The number of carbonyl (C=O) groups excluding carboxylic acids is 1. The number of primary amides is 1. The van der Waals surface area contributed by atoms with Gasteiger partial charge in [0.1, 0.15) is 6.26 Å². The predicted molar refractivity (Wildman–Crippen MR) is 85.6 cm³/mol. The zero-order valence-corrected chi connectivity index (χ0v) is 13.6. The van der Waals surface area contributed by atoms with Crippen LogP contribution in [0.2, 0.25) is 0 Å². The zero-order chi connectivity index (χ0) is 18.0. The van der Waals surface area contributed by atoms with Gasteiger partial charge in [0, 0.05) is 24.6 Å². The molecule has 1 aliphatic heterocycles. The fourth-order valence-corrected chi connectivity index (χ4v) is 3.20. The number of nitrogens with zero attached hydrogens (tertiary/aromatic N) is 3. The van der Waals surface area contributed by atoms with Crippen LogP contribution < -0.4 is 10.8 Å². The van der Waals surface area contributed by atoms with Crippen molar-refractivity contribution in [3.05, 3.63) is 35.9 Å². The van der Waals surface area contributed by atoms with E-state index >= 15 is 0 Å². The number of allylic oxidation sites excluding steroid dienone is 2.